The van der Waals surface area contributed by atoms with E-state index in [4.69, 9.17) is 32.7 Å². The second-order valence-corrected chi connectivity index (χ2v) is 10.7. The molecule has 0 unspecified atom stereocenters. The lowest BCUT2D eigenvalue weighted by Gasteiger charge is -2.15. The van der Waals surface area contributed by atoms with Crippen molar-refractivity contribution in [3.63, 3.8) is 0 Å². The first kappa shape index (κ1) is 28.0. The zero-order valence-corrected chi connectivity index (χ0v) is 23.7. The van der Waals surface area contributed by atoms with E-state index >= 15 is 0 Å². The topological polar surface area (TPSA) is 99.0 Å². The first-order valence-corrected chi connectivity index (χ1v) is 13.5. The van der Waals surface area contributed by atoms with Gasteiger partial charge in [0.05, 0.1) is 37.5 Å². The molecule has 0 radical (unpaired) electrons. The van der Waals surface area contributed by atoms with Gasteiger partial charge in [0.15, 0.2) is 11.5 Å². The van der Waals surface area contributed by atoms with Gasteiger partial charge >= 0.3 is 0 Å². The number of amides is 2. The zero-order valence-electron chi connectivity index (χ0n) is 19.8. The van der Waals surface area contributed by atoms with Gasteiger partial charge in [-0.15, -0.1) is 0 Å². The molecule has 0 spiro atoms. The van der Waals surface area contributed by atoms with Crippen LogP contribution in [-0.4, -0.2) is 27.6 Å². The summed E-state index contributed by atoms with van der Waals surface area (Å²) in [7, 11) is 0. The van der Waals surface area contributed by atoms with Crippen molar-refractivity contribution in [2.45, 2.75) is 20.1 Å². The molecule has 0 atom stereocenters. The number of nitro benzene ring substituents is 1. The van der Waals surface area contributed by atoms with E-state index in [-0.39, 0.29) is 29.0 Å². The molecular formula is C26H19BrCl2N2O6S. The van der Waals surface area contributed by atoms with Gasteiger partial charge in [-0.2, -0.15) is 0 Å². The highest BCUT2D eigenvalue weighted by atomic mass is 79.9. The van der Waals surface area contributed by atoms with E-state index in [1.165, 1.54) is 12.1 Å². The van der Waals surface area contributed by atoms with Crippen LogP contribution in [0.2, 0.25) is 10.0 Å². The second-order valence-electron chi connectivity index (χ2n) is 7.99. The van der Waals surface area contributed by atoms with E-state index in [1.54, 1.807) is 48.5 Å². The van der Waals surface area contributed by atoms with E-state index in [9.17, 15) is 19.7 Å². The summed E-state index contributed by atoms with van der Waals surface area (Å²) in [5.74, 6) is 0.457. The first-order valence-electron chi connectivity index (χ1n) is 11.2. The number of imide groups is 1. The van der Waals surface area contributed by atoms with Crippen molar-refractivity contribution in [1.29, 1.82) is 0 Å². The highest BCUT2D eigenvalue weighted by Crippen LogP contribution is 2.40. The van der Waals surface area contributed by atoms with Gasteiger partial charge in [-0.3, -0.25) is 24.6 Å². The second kappa shape index (κ2) is 12.2. The molecule has 8 nitrogen and oxygen atoms in total. The molecule has 1 fully saturated rings. The van der Waals surface area contributed by atoms with E-state index in [2.05, 4.69) is 15.9 Å². The van der Waals surface area contributed by atoms with Crippen LogP contribution >= 0.6 is 50.9 Å². The minimum absolute atomic E-state index is 0.00401. The molecule has 0 bridgehead atoms. The fraction of sp³-hybridized carbons (Fsp3) is 0.154. The highest BCUT2D eigenvalue weighted by molar-refractivity contribution is 9.10. The van der Waals surface area contributed by atoms with Gasteiger partial charge in [0.1, 0.15) is 6.61 Å². The molecule has 0 saturated carbocycles. The number of ether oxygens (including phenoxy) is 2. The molecular weight excluding hydrogens is 619 g/mol. The van der Waals surface area contributed by atoms with Gasteiger partial charge < -0.3 is 9.47 Å². The molecule has 196 valence electrons. The molecule has 1 aliphatic heterocycles. The van der Waals surface area contributed by atoms with Gasteiger partial charge in [0.25, 0.3) is 16.8 Å². The van der Waals surface area contributed by atoms with Crippen LogP contribution < -0.4 is 9.47 Å². The number of hydrogen-bond acceptors (Lipinski definition) is 7. The SMILES string of the molecule is CCOc1cc(/C=C2/SC(=O)N(Cc3ccc(Cl)c(Cl)c3)C2=O)cc(Br)c1OCc1ccc([N+](=O)[O-])cc1. The maximum atomic E-state index is 13.0. The van der Waals surface area contributed by atoms with Crippen LogP contribution in [0.3, 0.4) is 0 Å². The summed E-state index contributed by atoms with van der Waals surface area (Å²) >= 11 is 16.4. The molecule has 0 N–H and O–H groups in total. The monoisotopic (exact) mass is 636 g/mol. The Kier molecular flexibility index (Phi) is 8.99. The Morgan fingerprint density at radius 2 is 1.74 bits per heavy atom. The smallest absolute Gasteiger partial charge is 0.293 e. The molecule has 1 aliphatic rings. The summed E-state index contributed by atoms with van der Waals surface area (Å²) in [5, 5.41) is 11.2. The number of thioether (sulfide) groups is 1. The Morgan fingerprint density at radius 3 is 2.39 bits per heavy atom. The van der Waals surface area contributed by atoms with Gasteiger partial charge in [-0.05, 0) is 93.8 Å². The average molecular weight is 638 g/mol. The van der Waals surface area contributed by atoms with Crippen molar-refractivity contribution in [1.82, 2.24) is 4.90 Å². The zero-order chi connectivity index (χ0) is 27.4. The van der Waals surface area contributed by atoms with Gasteiger partial charge in [-0.1, -0.05) is 29.3 Å². The quantitative estimate of drug-likeness (QED) is 0.134. The van der Waals surface area contributed by atoms with E-state index in [0.717, 1.165) is 22.2 Å². The minimum atomic E-state index is -0.463. The molecule has 2 amide bonds. The lowest BCUT2D eigenvalue weighted by molar-refractivity contribution is -0.384. The van der Waals surface area contributed by atoms with Crippen molar-refractivity contribution in [2.75, 3.05) is 6.61 Å². The summed E-state index contributed by atoms with van der Waals surface area (Å²) in [6, 6.07) is 14.5. The van der Waals surface area contributed by atoms with Crippen molar-refractivity contribution in [3.8, 4) is 11.5 Å². The largest absolute Gasteiger partial charge is 0.490 e. The predicted molar refractivity (Wildman–Crippen MR) is 151 cm³/mol. The standard InChI is InChI=1S/C26H19BrCl2N2O6S/c1-2-36-22-11-17(9-19(27)24(22)37-14-15-3-6-18(7-4-15)31(34)35)12-23-25(32)30(26(33)38-23)13-16-5-8-20(28)21(29)10-16/h3-12H,2,13-14H2,1H3/b23-12+. The lowest BCUT2D eigenvalue weighted by Crippen LogP contribution is -2.27. The minimum Gasteiger partial charge on any atom is -0.490 e. The maximum Gasteiger partial charge on any atom is 0.293 e. The number of carbonyl (C=O) groups excluding carboxylic acids is 2. The molecule has 0 aromatic heterocycles. The molecule has 1 saturated heterocycles. The summed E-state index contributed by atoms with van der Waals surface area (Å²) in [6.07, 6.45) is 1.62. The number of halogens is 3. The van der Waals surface area contributed by atoms with E-state index in [0.29, 0.717) is 43.8 Å². The number of benzene rings is 3. The van der Waals surface area contributed by atoms with Crippen molar-refractivity contribution in [3.05, 3.63) is 101 Å². The molecule has 4 rings (SSSR count). The van der Waals surface area contributed by atoms with Gasteiger partial charge in [0, 0.05) is 12.1 Å². The summed E-state index contributed by atoms with van der Waals surface area (Å²) in [6.45, 7) is 2.42. The Balaban J connectivity index is 1.53. The van der Waals surface area contributed by atoms with Crippen molar-refractivity contribution in [2.24, 2.45) is 0 Å². The number of hydrogen-bond donors (Lipinski definition) is 0. The van der Waals surface area contributed by atoms with Crippen molar-refractivity contribution < 1.29 is 24.0 Å². The van der Waals surface area contributed by atoms with Gasteiger partial charge in [-0.25, -0.2) is 0 Å². The number of nitro groups is 1. The molecule has 1 heterocycles. The molecule has 38 heavy (non-hydrogen) atoms. The molecule has 3 aromatic carbocycles. The van der Waals surface area contributed by atoms with E-state index < -0.39 is 10.8 Å². The first-order chi connectivity index (χ1) is 18.2. The highest BCUT2D eigenvalue weighted by Gasteiger charge is 2.35. The van der Waals surface area contributed by atoms with Crippen LogP contribution in [0, 0.1) is 10.1 Å². The van der Waals surface area contributed by atoms with Crippen molar-refractivity contribution >= 4 is 73.8 Å². The lowest BCUT2D eigenvalue weighted by atomic mass is 10.1. The number of nitrogens with zero attached hydrogens (tertiary/aromatic N) is 2. The summed E-state index contributed by atoms with van der Waals surface area (Å²) in [5.41, 5.74) is 2.04. The van der Waals surface area contributed by atoms with Crippen LogP contribution in [0.1, 0.15) is 23.6 Å². The molecule has 12 heteroatoms. The predicted octanol–water partition coefficient (Wildman–Crippen LogP) is 7.88. The fourth-order valence-corrected chi connectivity index (χ4v) is 5.29. The van der Waals surface area contributed by atoms with E-state index in [1.807, 2.05) is 6.92 Å². The third-order valence-electron chi connectivity index (χ3n) is 5.36. The van der Waals surface area contributed by atoms with Crippen LogP contribution in [0.25, 0.3) is 6.08 Å². The average Bonchev–Trinajstić information content (AvgIpc) is 3.13. The summed E-state index contributed by atoms with van der Waals surface area (Å²) < 4.78 is 12.3. The molecule has 3 aromatic rings. The number of carbonyl (C=O) groups is 2. The van der Waals surface area contributed by atoms with Crippen LogP contribution in [0.5, 0.6) is 11.5 Å². The number of rotatable bonds is 9. The van der Waals surface area contributed by atoms with Gasteiger partial charge in [0.2, 0.25) is 0 Å². The third kappa shape index (κ3) is 6.50. The fourth-order valence-electron chi connectivity index (χ4n) is 3.55. The summed E-state index contributed by atoms with van der Waals surface area (Å²) in [4.78, 5) is 37.4. The molecule has 0 aliphatic carbocycles. The third-order valence-corrected chi connectivity index (χ3v) is 7.59. The van der Waals surface area contributed by atoms with Crippen LogP contribution in [-0.2, 0) is 17.9 Å². The van der Waals surface area contributed by atoms with Crippen LogP contribution in [0.15, 0.2) is 64.0 Å². The van der Waals surface area contributed by atoms with Crippen LogP contribution in [0.4, 0.5) is 10.5 Å². The normalized spacial score (nSPS) is 14.3. The Bertz CT molecular complexity index is 1450. The Morgan fingerprint density at radius 1 is 1.03 bits per heavy atom. The Labute approximate surface area is 240 Å². The number of non-ortho nitro benzene ring substituents is 1. The Hall–Kier alpha value is -3.05. The maximum absolute atomic E-state index is 13.0.